The molecule has 1 aromatic rings. The zero-order chi connectivity index (χ0) is 12.4. The Balaban J connectivity index is 1.99. The first-order valence-corrected chi connectivity index (χ1v) is 6.28. The lowest BCUT2D eigenvalue weighted by Crippen LogP contribution is -2.30. The molecule has 1 nitrogen and oxygen atoms in total. The zero-order valence-corrected chi connectivity index (χ0v) is 10.3. The van der Waals surface area contributed by atoms with Crippen molar-refractivity contribution in [2.75, 3.05) is 5.32 Å². The Labute approximate surface area is 101 Å². The summed E-state index contributed by atoms with van der Waals surface area (Å²) in [5.41, 5.74) is 0.677. The molecule has 3 atom stereocenters. The highest BCUT2D eigenvalue weighted by Gasteiger charge is 2.24. The van der Waals surface area contributed by atoms with Crippen molar-refractivity contribution in [2.24, 2.45) is 11.8 Å². The number of hydrogen-bond donors (Lipinski definition) is 1. The van der Waals surface area contributed by atoms with E-state index in [4.69, 9.17) is 0 Å². The first-order valence-electron chi connectivity index (χ1n) is 6.28. The molecular formula is C14H19F2N. The van der Waals surface area contributed by atoms with Crippen molar-refractivity contribution < 1.29 is 8.78 Å². The van der Waals surface area contributed by atoms with Crippen molar-refractivity contribution >= 4 is 5.69 Å². The molecule has 1 saturated carbocycles. The summed E-state index contributed by atoms with van der Waals surface area (Å²) in [4.78, 5) is 0. The molecule has 0 heterocycles. The number of benzene rings is 1. The van der Waals surface area contributed by atoms with E-state index in [9.17, 15) is 8.78 Å². The van der Waals surface area contributed by atoms with Crippen molar-refractivity contribution in [3.05, 3.63) is 29.8 Å². The van der Waals surface area contributed by atoms with Crippen LogP contribution in [0.3, 0.4) is 0 Å². The van der Waals surface area contributed by atoms with E-state index >= 15 is 0 Å². The lowest BCUT2D eigenvalue weighted by Gasteiger charge is -2.33. The minimum Gasteiger partial charge on any atom is -0.382 e. The molecular weight excluding hydrogens is 220 g/mol. The van der Waals surface area contributed by atoms with Gasteiger partial charge in [-0.15, -0.1) is 0 Å². The van der Waals surface area contributed by atoms with E-state index in [1.54, 1.807) is 6.07 Å². The molecule has 3 heteroatoms. The lowest BCUT2D eigenvalue weighted by molar-refractivity contribution is 0.261. The number of nitrogens with one attached hydrogen (secondary N) is 1. The average molecular weight is 239 g/mol. The quantitative estimate of drug-likeness (QED) is 0.815. The third-order valence-corrected chi connectivity index (χ3v) is 3.89. The maximum Gasteiger partial charge on any atom is 0.160 e. The Kier molecular flexibility index (Phi) is 3.65. The van der Waals surface area contributed by atoms with Gasteiger partial charge < -0.3 is 5.32 Å². The van der Waals surface area contributed by atoms with Crippen molar-refractivity contribution in [1.82, 2.24) is 0 Å². The van der Waals surface area contributed by atoms with Gasteiger partial charge >= 0.3 is 0 Å². The van der Waals surface area contributed by atoms with Crippen molar-refractivity contribution in [3.63, 3.8) is 0 Å². The molecule has 0 radical (unpaired) electrons. The number of hydrogen-bond acceptors (Lipinski definition) is 1. The molecule has 2 rings (SSSR count). The summed E-state index contributed by atoms with van der Waals surface area (Å²) in [7, 11) is 0. The Morgan fingerprint density at radius 1 is 1.06 bits per heavy atom. The van der Waals surface area contributed by atoms with Gasteiger partial charge in [-0.1, -0.05) is 13.8 Å². The van der Waals surface area contributed by atoms with Gasteiger partial charge in [0, 0.05) is 17.8 Å². The second-order valence-corrected chi connectivity index (χ2v) is 5.24. The Bertz CT molecular complexity index is 392. The monoisotopic (exact) mass is 239 g/mol. The minimum absolute atomic E-state index is 0.381. The fourth-order valence-electron chi connectivity index (χ4n) is 2.50. The number of rotatable bonds is 2. The molecule has 17 heavy (non-hydrogen) atoms. The minimum atomic E-state index is -0.791. The number of halogens is 2. The van der Waals surface area contributed by atoms with Crippen LogP contribution >= 0.6 is 0 Å². The van der Waals surface area contributed by atoms with E-state index in [0.29, 0.717) is 17.6 Å². The first-order chi connectivity index (χ1) is 8.06. The molecule has 3 unspecified atom stereocenters. The van der Waals surface area contributed by atoms with Crippen LogP contribution in [0.1, 0.15) is 33.1 Å². The standard InChI is InChI=1S/C14H19F2N/c1-9-3-4-11(7-10(9)2)17-12-5-6-13(15)14(16)8-12/h5-6,8-11,17H,3-4,7H2,1-2H3. The van der Waals surface area contributed by atoms with Gasteiger partial charge in [-0.3, -0.25) is 0 Å². The van der Waals surface area contributed by atoms with E-state index in [0.717, 1.165) is 18.8 Å². The average Bonchev–Trinajstić information content (AvgIpc) is 2.29. The summed E-state index contributed by atoms with van der Waals surface area (Å²) in [6.07, 6.45) is 3.40. The highest BCUT2D eigenvalue weighted by Crippen LogP contribution is 2.31. The molecule has 0 aromatic heterocycles. The summed E-state index contributed by atoms with van der Waals surface area (Å²) in [6, 6.07) is 4.39. The summed E-state index contributed by atoms with van der Waals surface area (Å²) < 4.78 is 25.8. The largest absolute Gasteiger partial charge is 0.382 e. The van der Waals surface area contributed by atoms with Gasteiger partial charge in [0.25, 0.3) is 0 Å². The van der Waals surface area contributed by atoms with Crippen LogP contribution in [0.4, 0.5) is 14.5 Å². The molecule has 0 bridgehead atoms. The normalized spacial score (nSPS) is 29.1. The topological polar surface area (TPSA) is 12.0 Å². The molecule has 0 amide bonds. The smallest absolute Gasteiger partial charge is 0.160 e. The molecule has 0 spiro atoms. The summed E-state index contributed by atoms with van der Waals surface area (Å²) >= 11 is 0. The third kappa shape index (κ3) is 2.96. The predicted molar refractivity (Wildman–Crippen MR) is 65.9 cm³/mol. The van der Waals surface area contributed by atoms with E-state index in [-0.39, 0.29) is 0 Å². The molecule has 0 saturated heterocycles. The van der Waals surface area contributed by atoms with E-state index in [2.05, 4.69) is 19.2 Å². The summed E-state index contributed by atoms with van der Waals surface area (Å²) in [6.45, 7) is 4.53. The van der Waals surface area contributed by atoms with Gasteiger partial charge in [-0.25, -0.2) is 8.78 Å². The highest BCUT2D eigenvalue weighted by atomic mass is 19.2. The summed E-state index contributed by atoms with van der Waals surface area (Å²) in [5.74, 6) is -0.127. The van der Waals surface area contributed by atoms with E-state index < -0.39 is 11.6 Å². The molecule has 0 aliphatic heterocycles. The Hall–Kier alpha value is -1.12. The molecule has 94 valence electrons. The first kappa shape index (κ1) is 12.3. The van der Waals surface area contributed by atoms with Crippen LogP contribution in [0, 0.1) is 23.5 Å². The van der Waals surface area contributed by atoms with Gasteiger partial charge in [-0.2, -0.15) is 0 Å². The highest BCUT2D eigenvalue weighted by molar-refractivity contribution is 5.44. The van der Waals surface area contributed by atoms with Crippen LogP contribution in [0.5, 0.6) is 0 Å². The molecule has 1 fully saturated rings. The van der Waals surface area contributed by atoms with E-state index in [1.807, 2.05) is 0 Å². The van der Waals surface area contributed by atoms with Crippen LogP contribution in [-0.2, 0) is 0 Å². The van der Waals surface area contributed by atoms with Crippen LogP contribution < -0.4 is 5.32 Å². The van der Waals surface area contributed by atoms with Crippen molar-refractivity contribution in [2.45, 2.75) is 39.2 Å². The fraction of sp³-hybridized carbons (Fsp3) is 0.571. The second-order valence-electron chi connectivity index (χ2n) is 5.24. The number of anilines is 1. The van der Waals surface area contributed by atoms with Crippen LogP contribution in [0.15, 0.2) is 18.2 Å². The maximum atomic E-state index is 13.1. The van der Waals surface area contributed by atoms with Crippen LogP contribution in [0.25, 0.3) is 0 Å². The zero-order valence-electron chi connectivity index (χ0n) is 10.3. The molecule has 1 aromatic carbocycles. The fourth-order valence-corrected chi connectivity index (χ4v) is 2.50. The van der Waals surface area contributed by atoms with Gasteiger partial charge in [0.1, 0.15) is 0 Å². The molecule has 1 aliphatic rings. The van der Waals surface area contributed by atoms with Gasteiger partial charge in [0.05, 0.1) is 0 Å². The predicted octanol–water partition coefficient (Wildman–Crippen LogP) is 4.20. The van der Waals surface area contributed by atoms with Crippen LogP contribution in [-0.4, -0.2) is 6.04 Å². The van der Waals surface area contributed by atoms with Gasteiger partial charge in [-0.05, 0) is 43.2 Å². The van der Waals surface area contributed by atoms with Gasteiger partial charge in [0.2, 0.25) is 0 Å². The molecule has 1 N–H and O–H groups in total. The molecule has 1 aliphatic carbocycles. The Morgan fingerprint density at radius 3 is 2.47 bits per heavy atom. The second kappa shape index (κ2) is 5.03. The van der Waals surface area contributed by atoms with E-state index in [1.165, 1.54) is 18.6 Å². The Morgan fingerprint density at radius 2 is 1.82 bits per heavy atom. The third-order valence-electron chi connectivity index (χ3n) is 3.89. The SMILES string of the molecule is CC1CCC(Nc2ccc(F)c(F)c2)CC1C. The maximum absolute atomic E-state index is 13.1. The van der Waals surface area contributed by atoms with Crippen molar-refractivity contribution in [1.29, 1.82) is 0 Å². The van der Waals surface area contributed by atoms with Crippen LogP contribution in [0.2, 0.25) is 0 Å². The van der Waals surface area contributed by atoms with Gasteiger partial charge in [0.15, 0.2) is 11.6 Å². The van der Waals surface area contributed by atoms with Crippen molar-refractivity contribution in [3.8, 4) is 0 Å². The lowest BCUT2D eigenvalue weighted by atomic mass is 9.79. The summed E-state index contributed by atoms with van der Waals surface area (Å²) in [5, 5.41) is 3.29.